The molecule has 0 radical (unpaired) electrons. The Hall–Kier alpha value is -3.24. The first kappa shape index (κ1) is 24.4. The van der Waals surface area contributed by atoms with E-state index in [9.17, 15) is 22.8 Å². The molecule has 2 aromatic carbocycles. The third-order valence-corrected chi connectivity index (χ3v) is 4.87. The molecule has 0 atom stereocenters. The number of rotatable bonds is 8. The minimum atomic E-state index is -4.63. The normalized spacial score (nSPS) is 12.8. The van der Waals surface area contributed by atoms with E-state index in [2.05, 4.69) is 5.32 Å². The molecular weight excluding hydrogens is 465 g/mol. The number of carbonyl (C=O) groups is 2. The molecule has 0 aromatic heterocycles. The molecule has 1 aliphatic heterocycles. The summed E-state index contributed by atoms with van der Waals surface area (Å²) in [5.74, 6) is -0.470. The van der Waals surface area contributed by atoms with E-state index in [0.717, 1.165) is 17.0 Å². The summed E-state index contributed by atoms with van der Waals surface area (Å²) in [4.78, 5) is 26.3. The second kappa shape index (κ2) is 10.6. The molecule has 0 aliphatic carbocycles. The average Bonchev–Trinajstić information content (AvgIpc) is 3.24. The average molecular weight is 485 g/mol. The van der Waals surface area contributed by atoms with Crippen LogP contribution in [-0.4, -0.2) is 50.3 Å². The molecule has 1 aliphatic rings. The van der Waals surface area contributed by atoms with Crippen LogP contribution >= 0.6 is 11.6 Å². The second-order valence-electron chi connectivity index (χ2n) is 6.91. The predicted octanol–water partition coefficient (Wildman–Crippen LogP) is 4.21. The summed E-state index contributed by atoms with van der Waals surface area (Å²) in [6.07, 6.45) is -1.93. The van der Waals surface area contributed by atoms with Crippen LogP contribution in [0.25, 0.3) is 6.08 Å². The van der Waals surface area contributed by atoms with Gasteiger partial charge in [-0.15, -0.1) is 0 Å². The Morgan fingerprint density at radius 3 is 2.73 bits per heavy atom. The first-order valence-electron chi connectivity index (χ1n) is 9.70. The molecule has 2 aromatic rings. The summed E-state index contributed by atoms with van der Waals surface area (Å²) < 4.78 is 55.0. The summed E-state index contributed by atoms with van der Waals surface area (Å²) >= 11 is 6.13. The lowest BCUT2D eigenvalue weighted by Crippen LogP contribution is -2.39. The number of anilines is 1. The highest BCUT2D eigenvalue weighted by atomic mass is 35.5. The van der Waals surface area contributed by atoms with Gasteiger partial charge in [-0.1, -0.05) is 23.7 Å². The molecule has 11 heteroatoms. The van der Waals surface area contributed by atoms with Gasteiger partial charge in [0, 0.05) is 19.7 Å². The largest absolute Gasteiger partial charge is 0.454 e. The fraction of sp³-hybridized carbons (Fsp3) is 0.273. The second-order valence-corrected chi connectivity index (χ2v) is 7.32. The molecule has 0 fully saturated rings. The van der Waals surface area contributed by atoms with Gasteiger partial charge in [0.1, 0.15) is 6.54 Å². The van der Waals surface area contributed by atoms with Gasteiger partial charge in [-0.05, 0) is 35.9 Å². The van der Waals surface area contributed by atoms with Crippen molar-refractivity contribution in [3.63, 3.8) is 0 Å². The standard InChI is InChI=1S/C22H20ClF3N2O5/c1-31-9-8-28(12-19(29)27-17-5-3-2-4-15(17)22(24,25)26)20(30)7-6-14-10-16(23)21-18(11-14)32-13-33-21/h2-7,10-11H,8-9,12-13H2,1H3,(H,27,29)/b7-6+. The molecule has 176 valence electrons. The number of para-hydroxylation sites is 1. The number of alkyl halides is 3. The van der Waals surface area contributed by atoms with Crippen LogP contribution in [0.1, 0.15) is 11.1 Å². The van der Waals surface area contributed by atoms with Gasteiger partial charge in [0.05, 0.1) is 22.9 Å². The van der Waals surface area contributed by atoms with Gasteiger partial charge in [-0.3, -0.25) is 9.59 Å². The highest BCUT2D eigenvalue weighted by Crippen LogP contribution is 2.40. The zero-order valence-corrected chi connectivity index (χ0v) is 18.2. The Labute approximate surface area is 192 Å². The molecule has 2 amide bonds. The van der Waals surface area contributed by atoms with E-state index in [-0.39, 0.29) is 25.6 Å². The van der Waals surface area contributed by atoms with Crippen LogP contribution in [0.5, 0.6) is 11.5 Å². The van der Waals surface area contributed by atoms with Gasteiger partial charge in [0.25, 0.3) is 0 Å². The molecule has 3 rings (SSSR count). The predicted molar refractivity (Wildman–Crippen MR) is 115 cm³/mol. The minimum Gasteiger partial charge on any atom is -0.454 e. The molecule has 1 heterocycles. The van der Waals surface area contributed by atoms with Crippen molar-refractivity contribution < 1.29 is 37.0 Å². The lowest BCUT2D eigenvalue weighted by atomic mass is 10.1. The van der Waals surface area contributed by atoms with Crippen LogP contribution in [0.3, 0.4) is 0 Å². The lowest BCUT2D eigenvalue weighted by Gasteiger charge is -2.21. The monoisotopic (exact) mass is 484 g/mol. The van der Waals surface area contributed by atoms with Crippen LogP contribution in [0, 0.1) is 0 Å². The molecule has 33 heavy (non-hydrogen) atoms. The van der Waals surface area contributed by atoms with E-state index in [1.807, 2.05) is 0 Å². The minimum absolute atomic E-state index is 0.0402. The number of methoxy groups -OCH3 is 1. The molecule has 7 nitrogen and oxygen atoms in total. The molecule has 0 saturated carbocycles. The Bertz CT molecular complexity index is 1060. The van der Waals surface area contributed by atoms with E-state index in [1.165, 1.54) is 31.4 Å². The number of ether oxygens (including phenoxy) is 3. The quantitative estimate of drug-likeness (QED) is 0.568. The van der Waals surface area contributed by atoms with Gasteiger partial charge in [-0.25, -0.2) is 0 Å². The van der Waals surface area contributed by atoms with Crippen LogP contribution in [0.2, 0.25) is 5.02 Å². The van der Waals surface area contributed by atoms with E-state index in [0.29, 0.717) is 22.1 Å². The van der Waals surface area contributed by atoms with Crippen LogP contribution in [0.4, 0.5) is 18.9 Å². The van der Waals surface area contributed by atoms with E-state index in [1.54, 1.807) is 12.1 Å². The van der Waals surface area contributed by atoms with Crippen molar-refractivity contribution in [3.8, 4) is 11.5 Å². The first-order valence-corrected chi connectivity index (χ1v) is 10.1. The fourth-order valence-corrected chi connectivity index (χ4v) is 3.30. The number of fused-ring (bicyclic) bond motifs is 1. The molecule has 0 unspecified atom stereocenters. The molecule has 0 saturated heterocycles. The van der Waals surface area contributed by atoms with E-state index in [4.69, 9.17) is 25.8 Å². The topological polar surface area (TPSA) is 77.1 Å². The SMILES string of the molecule is COCCN(CC(=O)Nc1ccccc1C(F)(F)F)C(=O)/C=C/c1cc(Cl)c2c(c1)OCO2. The van der Waals surface area contributed by atoms with Gasteiger partial charge < -0.3 is 24.4 Å². The summed E-state index contributed by atoms with van der Waals surface area (Å²) in [7, 11) is 1.42. The van der Waals surface area contributed by atoms with Crippen molar-refractivity contribution >= 4 is 35.2 Å². The number of nitrogens with one attached hydrogen (secondary N) is 1. The highest BCUT2D eigenvalue weighted by Gasteiger charge is 2.33. The maximum absolute atomic E-state index is 13.2. The molecule has 1 N–H and O–H groups in total. The van der Waals surface area contributed by atoms with Crippen molar-refractivity contribution in [2.45, 2.75) is 6.18 Å². The molecule has 0 spiro atoms. The van der Waals surface area contributed by atoms with Gasteiger partial charge in [0.15, 0.2) is 11.5 Å². The number of amides is 2. The maximum Gasteiger partial charge on any atom is 0.418 e. The summed E-state index contributed by atoms with van der Waals surface area (Å²) in [5.41, 5.74) is -0.805. The summed E-state index contributed by atoms with van der Waals surface area (Å²) in [5, 5.41) is 2.54. The Morgan fingerprint density at radius 2 is 2.00 bits per heavy atom. The first-order chi connectivity index (χ1) is 15.7. The lowest BCUT2D eigenvalue weighted by molar-refractivity contribution is -0.137. The molecule has 0 bridgehead atoms. The number of benzene rings is 2. The van der Waals surface area contributed by atoms with Gasteiger partial charge >= 0.3 is 6.18 Å². The third-order valence-electron chi connectivity index (χ3n) is 4.59. The number of nitrogens with zero attached hydrogens (tertiary/aromatic N) is 1. The number of hydrogen-bond acceptors (Lipinski definition) is 5. The van der Waals surface area contributed by atoms with Gasteiger partial charge in [-0.2, -0.15) is 13.2 Å². The Morgan fingerprint density at radius 1 is 1.24 bits per heavy atom. The molecular formula is C22H20ClF3N2O5. The van der Waals surface area contributed by atoms with Crippen molar-refractivity contribution in [1.29, 1.82) is 0 Å². The van der Waals surface area contributed by atoms with Crippen molar-refractivity contribution in [3.05, 3.63) is 58.6 Å². The van der Waals surface area contributed by atoms with Crippen molar-refractivity contribution in [2.24, 2.45) is 0 Å². The van der Waals surface area contributed by atoms with Crippen LogP contribution in [0.15, 0.2) is 42.5 Å². The fourth-order valence-electron chi connectivity index (χ4n) is 3.03. The smallest absolute Gasteiger partial charge is 0.418 e. The third kappa shape index (κ3) is 6.39. The zero-order valence-electron chi connectivity index (χ0n) is 17.4. The van der Waals surface area contributed by atoms with E-state index >= 15 is 0 Å². The van der Waals surface area contributed by atoms with Crippen LogP contribution < -0.4 is 14.8 Å². The number of hydrogen-bond donors (Lipinski definition) is 1. The van der Waals surface area contributed by atoms with E-state index < -0.39 is 30.1 Å². The Kier molecular flexibility index (Phi) is 7.83. The van der Waals surface area contributed by atoms with Crippen LogP contribution in [-0.2, 0) is 20.5 Å². The number of carbonyl (C=O) groups excluding carboxylic acids is 2. The van der Waals surface area contributed by atoms with Gasteiger partial charge in [0.2, 0.25) is 18.6 Å². The highest BCUT2D eigenvalue weighted by molar-refractivity contribution is 6.32. The van der Waals surface area contributed by atoms with Crippen molar-refractivity contribution in [2.75, 3.05) is 38.9 Å². The summed E-state index contributed by atoms with van der Waals surface area (Å²) in [6.45, 7) is -0.253. The zero-order chi connectivity index (χ0) is 24.0. The number of halogens is 4. The summed E-state index contributed by atoms with van der Waals surface area (Å²) in [6, 6.07) is 7.82. The Balaban J connectivity index is 1.71. The van der Waals surface area contributed by atoms with Crippen molar-refractivity contribution in [1.82, 2.24) is 4.90 Å². The maximum atomic E-state index is 13.2.